The van der Waals surface area contributed by atoms with Crippen LogP contribution >= 0.6 is 0 Å². The summed E-state index contributed by atoms with van der Waals surface area (Å²) in [6, 6.07) is 11.0. The molecule has 0 aliphatic rings. The van der Waals surface area contributed by atoms with Crippen molar-refractivity contribution < 1.29 is 22.4 Å². The summed E-state index contributed by atoms with van der Waals surface area (Å²) in [7, 11) is 1.42. The monoisotopic (exact) mass is 388 g/mol. The summed E-state index contributed by atoms with van der Waals surface area (Å²) in [5, 5.41) is 0. The van der Waals surface area contributed by atoms with Crippen LogP contribution in [0.3, 0.4) is 0 Å². The zero-order valence-electron chi connectivity index (χ0n) is 15.1. The number of amides is 1. The number of benzene rings is 2. The van der Waals surface area contributed by atoms with Crippen molar-refractivity contribution in [1.29, 1.82) is 0 Å². The number of carbonyl (C=O) groups is 1. The molecule has 0 fully saturated rings. The van der Waals surface area contributed by atoms with Gasteiger partial charge in [0.05, 0.1) is 17.4 Å². The predicted octanol–water partition coefficient (Wildman–Crippen LogP) is 5.49. The normalized spacial score (nSPS) is 11.4. The highest BCUT2D eigenvalue weighted by atomic mass is 19.4. The first-order valence-corrected chi connectivity index (χ1v) is 8.34. The summed E-state index contributed by atoms with van der Waals surface area (Å²) in [5.41, 5.74) is 1.30. The van der Waals surface area contributed by atoms with Crippen molar-refractivity contribution >= 4 is 11.6 Å². The second-order valence-corrected chi connectivity index (χ2v) is 6.30. The molecule has 0 spiro atoms. The molecule has 1 amide bonds. The minimum atomic E-state index is -4.75. The lowest BCUT2D eigenvalue weighted by Gasteiger charge is -2.21. The van der Waals surface area contributed by atoms with Crippen molar-refractivity contribution in [2.24, 2.45) is 0 Å². The largest absolute Gasteiger partial charge is 0.416 e. The van der Waals surface area contributed by atoms with Gasteiger partial charge in [0.25, 0.3) is 5.91 Å². The van der Waals surface area contributed by atoms with E-state index >= 15 is 0 Å². The molecule has 0 saturated heterocycles. The molecule has 0 saturated carbocycles. The fourth-order valence-corrected chi connectivity index (χ4v) is 2.94. The number of aryl methyl sites for hydroxylation is 1. The van der Waals surface area contributed by atoms with Gasteiger partial charge >= 0.3 is 6.18 Å². The Morgan fingerprint density at radius 1 is 1.04 bits per heavy atom. The Kier molecular flexibility index (Phi) is 5.18. The van der Waals surface area contributed by atoms with Crippen molar-refractivity contribution in [2.45, 2.75) is 13.1 Å². The highest BCUT2D eigenvalue weighted by molar-refractivity contribution is 6.07. The number of nitrogens with zero attached hydrogens (tertiary/aromatic N) is 2. The van der Waals surface area contributed by atoms with Crippen molar-refractivity contribution in [1.82, 2.24) is 4.98 Å². The molecule has 3 rings (SSSR count). The van der Waals surface area contributed by atoms with Crippen LogP contribution in [0.5, 0.6) is 0 Å². The number of pyridine rings is 1. The summed E-state index contributed by atoms with van der Waals surface area (Å²) in [6.07, 6.45) is -1.74. The van der Waals surface area contributed by atoms with Crippen molar-refractivity contribution in [2.75, 3.05) is 11.9 Å². The molecular weight excluding hydrogens is 372 g/mol. The third kappa shape index (κ3) is 3.88. The Labute approximate surface area is 159 Å². The van der Waals surface area contributed by atoms with E-state index in [1.54, 1.807) is 12.3 Å². The molecule has 144 valence electrons. The van der Waals surface area contributed by atoms with Gasteiger partial charge in [0.2, 0.25) is 0 Å². The SMILES string of the molecule is Cc1ccccc1-c1ccncc1N(C)C(=O)c1cc(F)cc(C(F)(F)F)c1. The molecular formula is C21H16F4N2O. The molecule has 0 unspecified atom stereocenters. The summed E-state index contributed by atoms with van der Waals surface area (Å²) in [5.74, 6) is -1.90. The smallest absolute Gasteiger partial charge is 0.309 e. The van der Waals surface area contributed by atoms with E-state index in [0.29, 0.717) is 23.4 Å². The standard InChI is InChI=1S/C21H16F4N2O/c1-13-5-3-4-6-17(13)18-7-8-26-12-19(18)27(2)20(28)14-9-15(21(23,24)25)11-16(22)10-14/h3-12H,1-2H3. The summed E-state index contributed by atoms with van der Waals surface area (Å²) < 4.78 is 52.6. The van der Waals surface area contributed by atoms with Crippen LogP contribution in [0.2, 0.25) is 0 Å². The van der Waals surface area contributed by atoms with Crippen molar-refractivity contribution in [3.63, 3.8) is 0 Å². The van der Waals surface area contributed by atoms with E-state index < -0.39 is 29.0 Å². The van der Waals surface area contributed by atoms with Gasteiger partial charge < -0.3 is 4.90 Å². The Morgan fingerprint density at radius 3 is 2.43 bits per heavy atom. The summed E-state index contributed by atoms with van der Waals surface area (Å²) >= 11 is 0. The first kappa shape index (κ1) is 19.5. The first-order chi connectivity index (χ1) is 13.2. The second-order valence-electron chi connectivity index (χ2n) is 6.30. The average molecular weight is 388 g/mol. The molecule has 3 aromatic rings. The number of halogens is 4. The molecule has 0 radical (unpaired) electrons. The lowest BCUT2D eigenvalue weighted by atomic mass is 9.99. The van der Waals surface area contributed by atoms with Gasteiger partial charge in [0.15, 0.2) is 0 Å². The van der Waals surface area contributed by atoms with E-state index in [2.05, 4.69) is 4.98 Å². The number of hydrogen-bond acceptors (Lipinski definition) is 2. The van der Waals surface area contributed by atoms with Crippen molar-refractivity contribution in [3.8, 4) is 11.1 Å². The van der Waals surface area contributed by atoms with Crippen molar-refractivity contribution in [3.05, 3.63) is 83.4 Å². The number of hydrogen-bond donors (Lipinski definition) is 0. The number of carbonyl (C=O) groups excluding carboxylic acids is 1. The van der Waals surface area contributed by atoms with Crippen LogP contribution in [0.25, 0.3) is 11.1 Å². The molecule has 0 bridgehead atoms. The van der Waals surface area contributed by atoms with Crippen LogP contribution in [0.15, 0.2) is 60.9 Å². The third-order valence-corrected chi connectivity index (χ3v) is 4.37. The quantitative estimate of drug-likeness (QED) is 0.556. The van der Waals surface area contributed by atoms with Gasteiger partial charge in [-0.3, -0.25) is 9.78 Å². The third-order valence-electron chi connectivity index (χ3n) is 4.37. The zero-order valence-corrected chi connectivity index (χ0v) is 15.1. The number of rotatable bonds is 3. The predicted molar refractivity (Wildman–Crippen MR) is 98.5 cm³/mol. The fourth-order valence-electron chi connectivity index (χ4n) is 2.94. The van der Waals surface area contributed by atoms with Gasteiger partial charge in [-0.15, -0.1) is 0 Å². The van der Waals surface area contributed by atoms with E-state index in [1.807, 2.05) is 31.2 Å². The molecule has 0 N–H and O–H groups in total. The van der Waals surface area contributed by atoms with E-state index in [9.17, 15) is 22.4 Å². The van der Waals surface area contributed by atoms with E-state index in [-0.39, 0.29) is 0 Å². The highest BCUT2D eigenvalue weighted by Gasteiger charge is 2.32. The van der Waals surface area contributed by atoms with Gasteiger partial charge in [0, 0.05) is 24.4 Å². The van der Waals surface area contributed by atoms with Crippen LogP contribution in [0.4, 0.5) is 23.2 Å². The maximum Gasteiger partial charge on any atom is 0.416 e. The van der Waals surface area contributed by atoms with Crippen LogP contribution < -0.4 is 4.90 Å². The van der Waals surface area contributed by atoms with E-state index in [1.165, 1.54) is 18.1 Å². The molecule has 2 aromatic carbocycles. The van der Waals surface area contributed by atoms with E-state index in [0.717, 1.165) is 17.2 Å². The highest BCUT2D eigenvalue weighted by Crippen LogP contribution is 2.34. The van der Waals surface area contributed by atoms with Gasteiger partial charge in [-0.1, -0.05) is 24.3 Å². The lowest BCUT2D eigenvalue weighted by Crippen LogP contribution is -2.27. The molecule has 0 atom stereocenters. The van der Waals surface area contributed by atoms with Crippen LogP contribution in [0.1, 0.15) is 21.5 Å². The first-order valence-electron chi connectivity index (χ1n) is 8.34. The molecule has 7 heteroatoms. The van der Waals surface area contributed by atoms with Crippen LogP contribution in [0, 0.1) is 12.7 Å². The van der Waals surface area contributed by atoms with Crippen LogP contribution in [-0.4, -0.2) is 17.9 Å². The number of anilines is 1. The topological polar surface area (TPSA) is 33.2 Å². The fraction of sp³-hybridized carbons (Fsp3) is 0.143. The minimum Gasteiger partial charge on any atom is -0.309 e. The Hall–Kier alpha value is -3.22. The molecule has 0 aliphatic carbocycles. The van der Waals surface area contributed by atoms with Gasteiger partial charge in [-0.25, -0.2) is 4.39 Å². The lowest BCUT2D eigenvalue weighted by molar-refractivity contribution is -0.137. The van der Waals surface area contributed by atoms with Gasteiger partial charge in [0.1, 0.15) is 5.82 Å². The molecule has 0 aliphatic heterocycles. The molecule has 1 heterocycles. The molecule has 28 heavy (non-hydrogen) atoms. The van der Waals surface area contributed by atoms with E-state index in [4.69, 9.17) is 0 Å². The number of aromatic nitrogens is 1. The van der Waals surface area contributed by atoms with Crippen LogP contribution in [-0.2, 0) is 6.18 Å². The Bertz CT molecular complexity index is 1030. The molecule has 3 nitrogen and oxygen atoms in total. The van der Waals surface area contributed by atoms with Gasteiger partial charge in [-0.05, 0) is 42.3 Å². The second kappa shape index (κ2) is 7.42. The van der Waals surface area contributed by atoms with Gasteiger partial charge in [-0.2, -0.15) is 13.2 Å². The maximum absolute atomic E-state index is 13.7. The Balaban J connectivity index is 2.05. The average Bonchev–Trinajstić information content (AvgIpc) is 2.66. The minimum absolute atomic E-state index is 0.361. The maximum atomic E-state index is 13.7. The number of alkyl halides is 3. The zero-order chi connectivity index (χ0) is 20.5. The molecule has 1 aromatic heterocycles. The Morgan fingerprint density at radius 2 is 1.75 bits per heavy atom. The summed E-state index contributed by atoms with van der Waals surface area (Å²) in [4.78, 5) is 18.0. The summed E-state index contributed by atoms with van der Waals surface area (Å²) in [6.45, 7) is 1.91.